The van der Waals surface area contributed by atoms with Gasteiger partial charge in [0.25, 0.3) is 0 Å². The van der Waals surface area contributed by atoms with Crippen LogP contribution in [0.1, 0.15) is 5.56 Å². The molecule has 0 saturated carbocycles. The van der Waals surface area contributed by atoms with Crippen LogP contribution in [0.15, 0.2) is 23.4 Å². The summed E-state index contributed by atoms with van der Waals surface area (Å²) in [5.41, 5.74) is 2.53. The number of nitrogens with one attached hydrogen (secondary N) is 1. The van der Waals surface area contributed by atoms with E-state index in [1.165, 1.54) is 0 Å². The van der Waals surface area contributed by atoms with Crippen molar-refractivity contribution in [2.45, 2.75) is 12.1 Å². The molecule has 0 spiro atoms. The van der Waals surface area contributed by atoms with Crippen molar-refractivity contribution in [1.29, 1.82) is 0 Å². The van der Waals surface area contributed by atoms with Crippen LogP contribution in [0.2, 0.25) is 0 Å². The number of hydrogen-bond donors (Lipinski definition) is 2. The lowest BCUT2D eigenvalue weighted by Crippen LogP contribution is -1.89. The number of fused-ring (bicyclic) bond motifs is 1. The summed E-state index contributed by atoms with van der Waals surface area (Å²) in [6, 6.07) is 5.61. The molecule has 2 N–H and O–H groups in total. The van der Waals surface area contributed by atoms with Gasteiger partial charge in [0.2, 0.25) is 16.2 Å². The average molecular weight is 196 g/mol. The van der Waals surface area contributed by atoms with Crippen molar-refractivity contribution in [3.05, 3.63) is 23.8 Å². The molecule has 2 aromatic rings. The normalized spacial score (nSPS) is 13.4. The number of hydrogen-bond acceptors (Lipinski definition) is 2. The Labute approximate surface area is 77.3 Å². The van der Waals surface area contributed by atoms with Gasteiger partial charge in [-0.2, -0.15) is 0 Å². The summed E-state index contributed by atoms with van der Waals surface area (Å²) < 4.78 is 19.5. The highest BCUT2D eigenvalue weighted by molar-refractivity contribution is 7.79. The van der Waals surface area contributed by atoms with Gasteiger partial charge in [-0.25, -0.2) is 9.19 Å². The number of nitrogens with zero attached hydrogens (tertiary/aromatic N) is 1. The van der Waals surface area contributed by atoms with Crippen LogP contribution in [0.25, 0.3) is 11.0 Å². The molecule has 1 aromatic heterocycles. The summed E-state index contributed by atoms with van der Waals surface area (Å²) in [6.07, 6.45) is 0. The molecule has 0 aliphatic rings. The summed E-state index contributed by atoms with van der Waals surface area (Å²) in [4.78, 5) is 6.78. The zero-order valence-electron chi connectivity index (χ0n) is 6.94. The van der Waals surface area contributed by atoms with Crippen LogP contribution in [-0.2, 0) is 11.1 Å². The Hall–Kier alpha value is -1.20. The lowest BCUT2D eigenvalue weighted by Gasteiger charge is -1.90. The molecule has 1 unspecified atom stereocenters. The van der Waals surface area contributed by atoms with Crippen molar-refractivity contribution < 1.29 is 8.76 Å². The highest BCUT2D eigenvalue weighted by Crippen LogP contribution is 2.16. The van der Waals surface area contributed by atoms with Gasteiger partial charge in [0.15, 0.2) is 0 Å². The summed E-state index contributed by atoms with van der Waals surface area (Å²) in [7, 11) is 0. The first kappa shape index (κ1) is 8.40. The maximum absolute atomic E-state index is 10.7. The predicted octanol–water partition coefficient (Wildman–Crippen LogP) is 1.45. The van der Waals surface area contributed by atoms with Crippen LogP contribution < -0.4 is 0 Å². The number of aryl methyl sites for hydroxylation is 1. The van der Waals surface area contributed by atoms with E-state index in [1.807, 2.05) is 25.1 Å². The Kier molecular flexibility index (Phi) is 1.90. The van der Waals surface area contributed by atoms with Gasteiger partial charge in [-0.05, 0) is 18.6 Å². The number of para-hydroxylation sites is 1. The molecule has 13 heavy (non-hydrogen) atoms. The predicted molar refractivity (Wildman–Crippen MR) is 49.9 cm³/mol. The molecule has 0 aliphatic carbocycles. The first-order valence-corrected chi connectivity index (χ1v) is 4.85. The highest BCUT2D eigenvalue weighted by atomic mass is 32.2. The largest absolute Gasteiger partial charge is 0.329 e. The van der Waals surface area contributed by atoms with Crippen molar-refractivity contribution >= 4 is 22.1 Å². The minimum absolute atomic E-state index is 0.101. The second-order valence-electron chi connectivity index (χ2n) is 2.76. The molecule has 1 aromatic carbocycles. The maximum Gasteiger partial charge on any atom is 0.225 e. The molecule has 0 saturated heterocycles. The number of imidazole rings is 1. The van der Waals surface area contributed by atoms with Crippen LogP contribution in [-0.4, -0.2) is 18.7 Å². The first-order valence-electron chi connectivity index (χ1n) is 3.74. The van der Waals surface area contributed by atoms with Crippen LogP contribution in [0.3, 0.4) is 0 Å². The Morgan fingerprint density at radius 1 is 1.54 bits per heavy atom. The van der Waals surface area contributed by atoms with E-state index in [1.54, 1.807) is 0 Å². The maximum atomic E-state index is 10.7. The lowest BCUT2D eigenvalue weighted by molar-refractivity contribution is 0.557. The van der Waals surface area contributed by atoms with E-state index in [0.29, 0.717) is 0 Å². The molecule has 0 aliphatic heterocycles. The summed E-state index contributed by atoms with van der Waals surface area (Å²) in [6.45, 7) is 1.91. The van der Waals surface area contributed by atoms with E-state index in [-0.39, 0.29) is 5.16 Å². The van der Waals surface area contributed by atoms with Crippen LogP contribution >= 0.6 is 0 Å². The topological polar surface area (TPSA) is 66.0 Å². The second kappa shape index (κ2) is 2.93. The van der Waals surface area contributed by atoms with Crippen molar-refractivity contribution in [2.75, 3.05) is 0 Å². The third-order valence-electron chi connectivity index (χ3n) is 1.86. The third-order valence-corrected chi connectivity index (χ3v) is 2.38. The van der Waals surface area contributed by atoms with Gasteiger partial charge in [-0.3, -0.25) is 4.55 Å². The Bertz CT molecular complexity index is 478. The van der Waals surface area contributed by atoms with Gasteiger partial charge in [0.1, 0.15) is 0 Å². The molecule has 0 radical (unpaired) electrons. The van der Waals surface area contributed by atoms with E-state index >= 15 is 0 Å². The molecule has 4 nitrogen and oxygen atoms in total. The van der Waals surface area contributed by atoms with Crippen molar-refractivity contribution in [2.24, 2.45) is 0 Å². The lowest BCUT2D eigenvalue weighted by atomic mass is 10.2. The monoisotopic (exact) mass is 196 g/mol. The van der Waals surface area contributed by atoms with Crippen LogP contribution in [0.4, 0.5) is 0 Å². The molecule has 68 valence electrons. The van der Waals surface area contributed by atoms with Crippen molar-refractivity contribution in [3.8, 4) is 0 Å². The number of rotatable bonds is 1. The van der Waals surface area contributed by atoms with Crippen molar-refractivity contribution in [3.63, 3.8) is 0 Å². The summed E-state index contributed by atoms with van der Waals surface area (Å²) >= 11 is -2.04. The van der Waals surface area contributed by atoms with Gasteiger partial charge in [-0.15, -0.1) is 0 Å². The zero-order valence-corrected chi connectivity index (χ0v) is 7.76. The quantitative estimate of drug-likeness (QED) is 0.678. The smallest absolute Gasteiger partial charge is 0.225 e. The Balaban J connectivity index is 2.75. The fourth-order valence-corrected chi connectivity index (χ4v) is 1.60. The number of aromatic amines is 1. The fourth-order valence-electron chi connectivity index (χ4n) is 1.24. The van der Waals surface area contributed by atoms with E-state index in [4.69, 9.17) is 4.55 Å². The standard InChI is InChI=1S/C8H8N2O2S/c1-5-3-2-4-6-7(5)10-8(9-6)13(11)12/h2-4H,1H3,(H,9,10)(H,11,12). The Morgan fingerprint density at radius 2 is 2.31 bits per heavy atom. The van der Waals surface area contributed by atoms with Crippen LogP contribution in [0.5, 0.6) is 0 Å². The van der Waals surface area contributed by atoms with Gasteiger partial charge in [0, 0.05) is 0 Å². The van der Waals surface area contributed by atoms with Gasteiger partial charge in [0.05, 0.1) is 11.0 Å². The summed E-state index contributed by atoms with van der Waals surface area (Å²) in [5, 5.41) is 0.101. The number of H-pyrrole nitrogens is 1. The molecular weight excluding hydrogens is 188 g/mol. The molecule has 2 rings (SSSR count). The molecule has 5 heteroatoms. The SMILES string of the molecule is Cc1cccc2[nH]c(S(=O)O)nc12. The van der Waals surface area contributed by atoms with Gasteiger partial charge in [-0.1, -0.05) is 12.1 Å². The zero-order chi connectivity index (χ0) is 9.42. The number of aromatic nitrogens is 2. The Morgan fingerprint density at radius 3 is 2.92 bits per heavy atom. The molecule has 0 amide bonds. The molecule has 0 bridgehead atoms. The molecule has 1 heterocycles. The molecular formula is C8H8N2O2S. The molecule has 1 atom stereocenters. The van der Waals surface area contributed by atoms with Crippen LogP contribution in [0, 0.1) is 6.92 Å². The molecule has 0 fully saturated rings. The summed E-state index contributed by atoms with van der Waals surface area (Å²) in [5.74, 6) is 0. The van der Waals surface area contributed by atoms with E-state index in [0.717, 1.165) is 16.6 Å². The van der Waals surface area contributed by atoms with E-state index in [2.05, 4.69) is 9.97 Å². The van der Waals surface area contributed by atoms with Crippen molar-refractivity contribution in [1.82, 2.24) is 9.97 Å². The minimum atomic E-state index is -2.04. The number of benzene rings is 1. The van der Waals surface area contributed by atoms with Gasteiger partial charge < -0.3 is 4.98 Å². The average Bonchev–Trinajstić information content (AvgIpc) is 2.49. The van der Waals surface area contributed by atoms with Gasteiger partial charge >= 0.3 is 0 Å². The minimum Gasteiger partial charge on any atom is -0.329 e. The first-order chi connectivity index (χ1) is 6.18. The van der Waals surface area contributed by atoms with E-state index in [9.17, 15) is 4.21 Å². The van der Waals surface area contributed by atoms with E-state index < -0.39 is 11.1 Å². The highest BCUT2D eigenvalue weighted by Gasteiger charge is 2.07. The second-order valence-corrected chi connectivity index (χ2v) is 3.65. The fraction of sp³-hybridized carbons (Fsp3) is 0.125. The third kappa shape index (κ3) is 1.36.